The number of para-hydroxylation sites is 1. The molecule has 0 atom stereocenters. The van der Waals surface area contributed by atoms with Crippen molar-refractivity contribution in [2.45, 2.75) is 32.7 Å². The van der Waals surface area contributed by atoms with E-state index in [4.69, 9.17) is 10.9 Å². The van der Waals surface area contributed by atoms with Gasteiger partial charge in [-0.1, -0.05) is 31.1 Å². The summed E-state index contributed by atoms with van der Waals surface area (Å²) in [6.45, 7) is 5.42. The van der Waals surface area contributed by atoms with Gasteiger partial charge < -0.3 is 15.8 Å². The molecule has 0 aliphatic heterocycles. The fourth-order valence-electron chi connectivity index (χ4n) is 2.22. The molecular formula is C14H21N3O. The minimum absolute atomic E-state index is 0.181. The zero-order valence-electron chi connectivity index (χ0n) is 11.0. The fraction of sp³-hybridized carbons (Fsp3) is 0.500. The van der Waals surface area contributed by atoms with E-state index < -0.39 is 0 Å². The molecule has 0 aromatic heterocycles. The molecule has 0 heterocycles. The average Bonchev–Trinajstić information content (AvgIpc) is 3.19. The number of nitrogens with zero attached hydrogens (tertiary/aromatic N) is 2. The molecule has 0 bridgehead atoms. The van der Waals surface area contributed by atoms with Crippen molar-refractivity contribution >= 4 is 11.5 Å². The third kappa shape index (κ3) is 2.75. The highest BCUT2D eigenvalue weighted by molar-refractivity contribution is 6.02. The maximum absolute atomic E-state index is 8.87. The average molecular weight is 247 g/mol. The van der Waals surface area contributed by atoms with Gasteiger partial charge in [-0.3, -0.25) is 0 Å². The van der Waals surface area contributed by atoms with Crippen molar-refractivity contribution in [2.75, 3.05) is 11.4 Å². The van der Waals surface area contributed by atoms with E-state index in [2.05, 4.69) is 23.9 Å². The fourth-order valence-corrected chi connectivity index (χ4v) is 2.22. The van der Waals surface area contributed by atoms with Crippen LogP contribution in [0.15, 0.2) is 29.4 Å². The summed E-state index contributed by atoms with van der Waals surface area (Å²) in [4.78, 5) is 2.39. The summed E-state index contributed by atoms with van der Waals surface area (Å²) < 4.78 is 0. The number of amidine groups is 1. The summed E-state index contributed by atoms with van der Waals surface area (Å²) in [5.74, 6) is 0.769. The van der Waals surface area contributed by atoms with Crippen LogP contribution in [0.4, 0.5) is 5.69 Å². The second kappa shape index (κ2) is 5.29. The number of oxime groups is 1. The van der Waals surface area contributed by atoms with Crippen molar-refractivity contribution in [3.8, 4) is 0 Å². The summed E-state index contributed by atoms with van der Waals surface area (Å²) in [5, 5.41) is 12.0. The topological polar surface area (TPSA) is 61.8 Å². The summed E-state index contributed by atoms with van der Waals surface area (Å²) in [6.07, 6.45) is 2.47. The highest BCUT2D eigenvalue weighted by atomic mass is 16.4. The minimum atomic E-state index is 0.181. The van der Waals surface area contributed by atoms with E-state index in [1.165, 1.54) is 12.8 Å². The van der Waals surface area contributed by atoms with Crippen LogP contribution >= 0.6 is 0 Å². The second-order valence-electron chi connectivity index (χ2n) is 5.28. The monoisotopic (exact) mass is 247 g/mol. The van der Waals surface area contributed by atoms with Crippen molar-refractivity contribution in [2.24, 2.45) is 16.8 Å². The second-order valence-corrected chi connectivity index (χ2v) is 5.28. The molecule has 98 valence electrons. The summed E-state index contributed by atoms with van der Waals surface area (Å²) >= 11 is 0. The van der Waals surface area contributed by atoms with Crippen LogP contribution in [0.25, 0.3) is 0 Å². The molecule has 0 amide bonds. The van der Waals surface area contributed by atoms with Crippen molar-refractivity contribution in [3.63, 3.8) is 0 Å². The largest absolute Gasteiger partial charge is 0.409 e. The van der Waals surface area contributed by atoms with Crippen LogP contribution in [-0.4, -0.2) is 23.6 Å². The van der Waals surface area contributed by atoms with Crippen molar-refractivity contribution in [3.05, 3.63) is 29.8 Å². The van der Waals surface area contributed by atoms with Gasteiger partial charge in [0.15, 0.2) is 5.84 Å². The Kier molecular flexibility index (Phi) is 3.75. The minimum Gasteiger partial charge on any atom is -0.409 e. The number of hydrogen-bond acceptors (Lipinski definition) is 3. The SMILES string of the molecule is CC(C)CN(c1ccccc1/C(N)=N/O)C1CC1. The van der Waals surface area contributed by atoms with Gasteiger partial charge in [0.1, 0.15) is 0 Å². The molecule has 1 aromatic rings. The van der Waals surface area contributed by atoms with Gasteiger partial charge in [-0.2, -0.15) is 0 Å². The van der Waals surface area contributed by atoms with Gasteiger partial charge in [-0.25, -0.2) is 0 Å². The van der Waals surface area contributed by atoms with Crippen LogP contribution < -0.4 is 10.6 Å². The van der Waals surface area contributed by atoms with Crippen LogP contribution in [0.2, 0.25) is 0 Å². The molecule has 4 nitrogen and oxygen atoms in total. The number of benzene rings is 1. The first kappa shape index (κ1) is 12.7. The van der Waals surface area contributed by atoms with Crippen LogP contribution in [0.5, 0.6) is 0 Å². The number of rotatable bonds is 5. The molecule has 2 rings (SSSR count). The number of nitrogens with two attached hydrogens (primary N) is 1. The smallest absolute Gasteiger partial charge is 0.172 e. The first-order chi connectivity index (χ1) is 8.63. The molecule has 4 heteroatoms. The lowest BCUT2D eigenvalue weighted by Crippen LogP contribution is -2.32. The third-order valence-corrected chi connectivity index (χ3v) is 3.15. The highest BCUT2D eigenvalue weighted by Gasteiger charge is 2.31. The predicted octanol–water partition coefficient (Wildman–Crippen LogP) is 2.41. The van der Waals surface area contributed by atoms with Gasteiger partial charge in [0.2, 0.25) is 0 Å². The normalized spacial score (nSPS) is 16.1. The van der Waals surface area contributed by atoms with Gasteiger partial charge in [-0.15, -0.1) is 0 Å². The Morgan fingerprint density at radius 2 is 2.11 bits per heavy atom. The Hall–Kier alpha value is -1.71. The quantitative estimate of drug-likeness (QED) is 0.363. The van der Waals surface area contributed by atoms with Crippen LogP contribution in [-0.2, 0) is 0 Å². The molecule has 0 spiro atoms. The lowest BCUT2D eigenvalue weighted by atomic mass is 10.1. The molecule has 3 N–H and O–H groups in total. The van der Waals surface area contributed by atoms with Crippen molar-refractivity contribution in [1.29, 1.82) is 0 Å². The Labute approximate surface area is 108 Å². The van der Waals surface area contributed by atoms with Crippen LogP contribution in [0, 0.1) is 5.92 Å². The summed E-state index contributed by atoms with van der Waals surface area (Å²) in [7, 11) is 0. The molecule has 18 heavy (non-hydrogen) atoms. The zero-order valence-corrected chi connectivity index (χ0v) is 11.0. The van der Waals surface area contributed by atoms with Crippen molar-refractivity contribution in [1.82, 2.24) is 0 Å². The first-order valence-corrected chi connectivity index (χ1v) is 6.47. The van der Waals surface area contributed by atoms with E-state index in [1.807, 2.05) is 24.3 Å². The number of hydrogen-bond donors (Lipinski definition) is 2. The Morgan fingerprint density at radius 1 is 1.44 bits per heavy atom. The Bertz CT molecular complexity index is 438. The maximum Gasteiger partial charge on any atom is 0.172 e. The van der Waals surface area contributed by atoms with Gasteiger partial charge in [0, 0.05) is 23.8 Å². The lowest BCUT2D eigenvalue weighted by Gasteiger charge is -2.28. The van der Waals surface area contributed by atoms with E-state index >= 15 is 0 Å². The first-order valence-electron chi connectivity index (χ1n) is 6.47. The van der Waals surface area contributed by atoms with Crippen molar-refractivity contribution < 1.29 is 5.21 Å². The number of anilines is 1. The zero-order chi connectivity index (χ0) is 13.1. The third-order valence-electron chi connectivity index (χ3n) is 3.15. The van der Waals surface area contributed by atoms with E-state index in [0.717, 1.165) is 17.8 Å². The van der Waals surface area contributed by atoms with E-state index in [0.29, 0.717) is 12.0 Å². The van der Waals surface area contributed by atoms with E-state index in [-0.39, 0.29) is 5.84 Å². The highest BCUT2D eigenvalue weighted by Crippen LogP contribution is 2.34. The van der Waals surface area contributed by atoms with E-state index in [1.54, 1.807) is 0 Å². The molecule has 1 fully saturated rings. The Balaban J connectivity index is 2.34. The van der Waals surface area contributed by atoms with Gasteiger partial charge in [-0.05, 0) is 30.9 Å². The standard InChI is InChI=1S/C14H21N3O/c1-10(2)9-17(11-7-8-11)13-6-4-3-5-12(13)14(15)16-18/h3-6,10-11,18H,7-9H2,1-2H3,(H2,15,16). The van der Waals surface area contributed by atoms with Gasteiger partial charge >= 0.3 is 0 Å². The van der Waals surface area contributed by atoms with Crippen LogP contribution in [0.3, 0.4) is 0 Å². The van der Waals surface area contributed by atoms with Gasteiger partial charge in [0.05, 0.1) is 0 Å². The van der Waals surface area contributed by atoms with E-state index in [9.17, 15) is 0 Å². The van der Waals surface area contributed by atoms with Crippen LogP contribution in [0.1, 0.15) is 32.3 Å². The molecule has 1 saturated carbocycles. The lowest BCUT2D eigenvalue weighted by molar-refractivity contribution is 0.318. The molecule has 1 aliphatic carbocycles. The molecule has 0 unspecified atom stereocenters. The molecule has 0 radical (unpaired) electrons. The molecule has 0 saturated heterocycles. The maximum atomic E-state index is 8.87. The molecule has 1 aliphatic rings. The predicted molar refractivity (Wildman–Crippen MR) is 74.2 cm³/mol. The summed E-state index contributed by atoms with van der Waals surface area (Å²) in [6, 6.07) is 8.48. The van der Waals surface area contributed by atoms with Gasteiger partial charge in [0.25, 0.3) is 0 Å². The summed E-state index contributed by atoms with van der Waals surface area (Å²) in [5.41, 5.74) is 7.64. The molecular weight excluding hydrogens is 226 g/mol. The Morgan fingerprint density at radius 3 is 2.67 bits per heavy atom. The molecule has 1 aromatic carbocycles.